The van der Waals surface area contributed by atoms with Crippen molar-refractivity contribution in [3.8, 4) is 17.0 Å². The first-order chi connectivity index (χ1) is 14.0. The van der Waals surface area contributed by atoms with Gasteiger partial charge < -0.3 is 9.64 Å². The van der Waals surface area contributed by atoms with Crippen molar-refractivity contribution in [2.24, 2.45) is 0 Å². The average molecular weight is 428 g/mol. The molecule has 2 heterocycles. The first-order valence-corrected chi connectivity index (χ1v) is 10.3. The minimum absolute atomic E-state index is 0.0411. The number of amides is 2. The molecule has 0 aliphatic carbocycles. The van der Waals surface area contributed by atoms with Crippen LogP contribution in [0.3, 0.4) is 0 Å². The fraction of sp³-hybridized carbons (Fsp3) is 0.190. The van der Waals surface area contributed by atoms with Crippen LogP contribution in [0.2, 0.25) is 5.02 Å². The molecule has 4 rings (SSSR count). The summed E-state index contributed by atoms with van der Waals surface area (Å²) >= 11 is 7.41. The van der Waals surface area contributed by atoms with E-state index in [0.29, 0.717) is 27.2 Å². The van der Waals surface area contributed by atoms with E-state index < -0.39 is 0 Å². The number of carbonyl (C=O) groups is 2. The molecule has 0 spiro atoms. The topological polar surface area (TPSA) is 71.5 Å². The average Bonchev–Trinajstić information content (AvgIpc) is 3.13. The molecule has 0 fully saturated rings. The Hall–Kier alpha value is -2.90. The zero-order valence-corrected chi connectivity index (χ0v) is 17.4. The lowest BCUT2D eigenvalue weighted by Gasteiger charge is -2.26. The summed E-state index contributed by atoms with van der Waals surface area (Å²) in [5, 5.41) is 3.86. The molecule has 0 atom stereocenters. The van der Waals surface area contributed by atoms with Crippen molar-refractivity contribution in [1.29, 1.82) is 0 Å². The molecule has 2 aromatic carbocycles. The van der Waals surface area contributed by atoms with Crippen molar-refractivity contribution in [1.82, 2.24) is 4.98 Å². The Morgan fingerprint density at radius 1 is 1.31 bits per heavy atom. The number of benzene rings is 2. The van der Waals surface area contributed by atoms with Crippen molar-refractivity contribution < 1.29 is 14.3 Å². The summed E-state index contributed by atoms with van der Waals surface area (Å²) in [4.78, 5) is 31.7. The number of ether oxygens (including phenoxy) is 1. The second-order valence-corrected chi connectivity index (χ2v) is 8.05. The molecule has 1 aliphatic heterocycles. The highest BCUT2D eigenvalue weighted by Crippen LogP contribution is 2.38. The molecule has 0 bridgehead atoms. The highest BCUT2D eigenvalue weighted by molar-refractivity contribution is 7.16. The van der Waals surface area contributed by atoms with E-state index in [1.807, 2.05) is 25.1 Å². The number of fused-ring (bicyclic) bond motifs is 1. The highest BCUT2D eigenvalue weighted by atomic mass is 35.5. The summed E-state index contributed by atoms with van der Waals surface area (Å²) < 4.78 is 5.49. The van der Waals surface area contributed by atoms with Crippen LogP contribution in [0.15, 0.2) is 42.5 Å². The maximum absolute atomic E-state index is 12.5. The molecule has 6 nitrogen and oxygen atoms in total. The van der Waals surface area contributed by atoms with Gasteiger partial charge in [-0.25, -0.2) is 4.98 Å². The van der Waals surface area contributed by atoms with Crippen LogP contribution in [0.5, 0.6) is 5.75 Å². The van der Waals surface area contributed by atoms with Gasteiger partial charge in [0.05, 0.1) is 11.4 Å². The quantitative estimate of drug-likeness (QED) is 0.658. The Balaban J connectivity index is 1.65. The summed E-state index contributed by atoms with van der Waals surface area (Å²) in [6.45, 7) is 2.08. The van der Waals surface area contributed by atoms with E-state index in [1.165, 1.54) is 11.3 Å². The van der Waals surface area contributed by atoms with Crippen LogP contribution in [0.4, 0.5) is 10.8 Å². The van der Waals surface area contributed by atoms with Gasteiger partial charge in [0.1, 0.15) is 5.75 Å². The first kappa shape index (κ1) is 19.4. The number of hydrogen-bond acceptors (Lipinski definition) is 5. The second kappa shape index (κ2) is 7.85. The Labute approximate surface area is 177 Å². The minimum atomic E-state index is -0.264. The number of thiazole rings is 1. The third-order valence-corrected chi connectivity index (χ3v) is 5.99. The van der Waals surface area contributed by atoms with Gasteiger partial charge in [-0.05, 0) is 42.8 Å². The summed E-state index contributed by atoms with van der Waals surface area (Å²) in [6, 6.07) is 12.4. The van der Waals surface area contributed by atoms with Gasteiger partial charge in [0.25, 0.3) is 11.8 Å². The SMILES string of the molecule is CCc1sc(NC(=O)c2cccc(Cl)c2)nc1-c1ccc2c(c1)N(C)C(=O)CO2. The van der Waals surface area contributed by atoms with E-state index in [-0.39, 0.29) is 18.4 Å². The predicted molar refractivity (Wildman–Crippen MR) is 115 cm³/mol. The number of nitrogens with zero attached hydrogens (tertiary/aromatic N) is 2. The van der Waals surface area contributed by atoms with E-state index in [2.05, 4.69) is 10.3 Å². The van der Waals surface area contributed by atoms with Crippen LogP contribution < -0.4 is 15.0 Å². The van der Waals surface area contributed by atoms with Gasteiger partial charge in [-0.2, -0.15) is 0 Å². The van der Waals surface area contributed by atoms with E-state index in [4.69, 9.17) is 16.3 Å². The Morgan fingerprint density at radius 2 is 2.14 bits per heavy atom. The lowest BCUT2D eigenvalue weighted by molar-refractivity contribution is -0.120. The molecule has 1 aromatic heterocycles. The van der Waals surface area contributed by atoms with Crippen molar-refractivity contribution in [3.63, 3.8) is 0 Å². The molecule has 0 radical (unpaired) electrons. The molecule has 29 heavy (non-hydrogen) atoms. The lowest BCUT2D eigenvalue weighted by atomic mass is 10.1. The first-order valence-electron chi connectivity index (χ1n) is 9.06. The summed E-state index contributed by atoms with van der Waals surface area (Å²) in [6.07, 6.45) is 0.766. The van der Waals surface area contributed by atoms with Crippen LogP contribution in [0, 0.1) is 0 Å². The molecule has 1 aliphatic rings. The molecule has 0 saturated carbocycles. The molecular weight excluding hydrogens is 410 g/mol. The molecule has 0 saturated heterocycles. The normalized spacial score (nSPS) is 13.1. The van der Waals surface area contributed by atoms with Crippen LogP contribution >= 0.6 is 22.9 Å². The maximum Gasteiger partial charge on any atom is 0.264 e. The van der Waals surface area contributed by atoms with Gasteiger partial charge in [0, 0.05) is 28.1 Å². The van der Waals surface area contributed by atoms with Gasteiger partial charge in [0.2, 0.25) is 0 Å². The zero-order valence-electron chi connectivity index (χ0n) is 15.9. The number of aromatic nitrogens is 1. The Kier molecular flexibility index (Phi) is 5.25. The Bertz CT molecular complexity index is 1110. The highest BCUT2D eigenvalue weighted by Gasteiger charge is 2.24. The number of aryl methyl sites for hydroxylation is 1. The van der Waals surface area contributed by atoms with Gasteiger partial charge in [-0.15, -0.1) is 11.3 Å². The van der Waals surface area contributed by atoms with Gasteiger partial charge in [-0.1, -0.05) is 24.6 Å². The predicted octanol–water partition coefficient (Wildman–Crippen LogP) is 4.63. The molecule has 8 heteroatoms. The standard InChI is InChI=1S/C21H18ClN3O3S/c1-3-17-19(12-7-8-16-15(10-12)25(2)18(26)11-28-16)23-21(29-17)24-20(27)13-5-4-6-14(22)9-13/h4-10H,3,11H2,1-2H3,(H,23,24,27). The van der Waals surface area contributed by atoms with Crippen molar-refractivity contribution in [3.05, 3.63) is 57.9 Å². The fourth-order valence-electron chi connectivity index (χ4n) is 3.09. The second-order valence-electron chi connectivity index (χ2n) is 6.53. The largest absolute Gasteiger partial charge is 0.482 e. The molecule has 148 valence electrons. The van der Waals surface area contributed by atoms with E-state index in [1.54, 1.807) is 36.2 Å². The molecule has 3 aromatic rings. The van der Waals surface area contributed by atoms with Crippen molar-refractivity contribution >= 4 is 45.6 Å². The number of rotatable bonds is 4. The Morgan fingerprint density at radius 3 is 2.90 bits per heavy atom. The van der Waals surface area contributed by atoms with Crippen molar-refractivity contribution in [2.75, 3.05) is 23.9 Å². The zero-order chi connectivity index (χ0) is 20.5. The maximum atomic E-state index is 12.5. The monoisotopic (exact) mass is 427 g/mol. The van der Waals surface area contributed by atoms with Gasteiger partial charge >= 0.3 is 0 Å². The van der Waals surface area contributed by atoms with Gasteiger partial charge in [-0.3, -0.25) is 14.9 Å². The number of halogens is 1. The third-order valence-electron chi connectivity index (χ3n) is 4.64. The van der Waals surface area contributed by atoms with Crippen molar-refractivity contribution in [2.45, 2.75) is 13.3 Å². The van der Waals surface area contributed by atoms with E-state index in [0.717, 1.165) is 22.6 Å². The van der Waals surface area contributed by atoms with Crippen LogP contribution in [-0.2, 0) is 11.2 Å². The third kappa shape index (κ3) is 3.83. The smallest absolute Gasteiger partial charge is 0.264 e. The van der Waals surface area contributed by atoms with Crippen LogP contribution in [0.25, 0.3) is 11.3 Å². The summed E-state index contributed by atoms with van der Waals surface area (Å²) in [7, 11) is 1.73. The molecule has 1 N–H and O–H groups in total. The van der Waals surface area contributed by atoms with E-state index >= 15 is 0 Å². The lowest BCUT2D eigenvalue weighted by Crippen LogP contribution is -2.35. The molecule has 0 unspecified atom stereocenters. The summed E-state index contributed by atoms with van der Waals surface area (Å²) in [5.74, 6) is 0.302. The fourth-order valence-corrected chi connectivity index (χ4v) is 4.20. The molecule has 2 amide bonds. The number of likely N-dealkylation sites (N-methyl/N-ethyl adjacent to an activating group) is 1. The number of anilines is 2. The van der Waals surface area contributed by atoms with Crippen LogP contribution in [-0.4, -0.2) is 30.5 Å². The number of nitrogens with one attached hydrogen (secondary N) is 1. The number of carbonyl (C=O) groups excluding carboxylic acids is 2. The molecular formula is C21H18ClN3O3S. The van der Waals surface area contributed by atoms with Gasteiger partial charge in [0.15, 0.2) is 11.7 Å². The minimum Gasteiger partial charge on any atom is -0.482 e. The van der Waals surface area contributed by atoms with E-state index in [9.17, 15) is 9.59 Å². The van der Waals surface area contributed by atoms with Crippen LogP contribution in [0.1, 0.15) is 22.2 Å². The summed E-state index contributed by atoms with van der Waals surface area (Å²) in [5.41, 5.74) is 2.83. The number of hydrogen-bond donors (Lipinski definition) is 1.